The van der Waals surface area contributed by atoms with Gasteiger partial charge in [0.05, 0.1) is 17.1 Å². The van der Waals surface area contributed by atoms with Gasteiger partial charge in [-0.25, -0.2) is 0 Å². The number of anilines is 6. The van der Waals surface area contributed by atoms with Gasteiger partial charge < -0.3 is 9.80 Å². The fourth-order valence-electron chi connectivity index (χ4n) is 7.11. The Kier molecular flexibility index (Phi) is 5.31. The zero-order valence-corrected chi connectivity index (χ0v) is 24.3. The summed E-state index contributed by atoms with van der Waals surface area (Å²) in [6.07, 6.45) is 0. The van der Waals surface area contributed by atoms with Crippen molar-refractivity contribution < 1.29 is 0 Å². The predicted octanol–water partition coefficient (Wildman–Crippen LogP) is 10.5. The van der Waals surface area contributed by atoms with Crippen LogP contribution < -0.4 is 9.80 Å². The van der Waals surface area contributed by atoms with E-state index in [1.54, 1.807) is 0 Å². The molecule has 2 heteroatoms. The second-order valence-corrected chi connectivity index (χ2v) is 12.5. The van der Waals surface area contributed by atoms with Crippen LogP contribution in [0.25, 0.3) is 0 Å². The normalized spacial score (nSPS) is 15.6. The molecule has 5 aromatic rings. The van der Waals surface area contributed by atoms with E-state index in [9.17, 15) is 0 Å². The van der Waals surface area contributed by atoms with E-state index in [0.717, 1.165) is 5.69 Å². The summed E-state index contributed by atoms with van der Waals surface area (Å²) >= 11 is 0. The topological polar surface area (TPSA) is 6.48 Å². The molecule has 0 saturated heterocycles. The summed E-state index contributed by atoms with van der Waals surface area (Å²) < 4.78 is 0. The van der Waals surface area contributed by atoms with Crippen molar-refractivity contribution in [1.82, 2.24) is 0 Å². The molecule has 0 N–H and O–H groups in total. The predicted molar refractivity (Wildman–Crippen MR) is 170 cm³/mol. The van der Waals surface area contributed by atoms with Gasteiger partial charge in [-0.05, 0) is 95.8 Å². The summed E-state index contributed by atoms with van der Waals surface area (Å²) in [5.41, 5.74) is 15.2. The molecule has 0 bridgehead atoms. The highest BCUT2D eigenvalue weighted by Gasteiger charge is 2.45. The van der Waals surface area contributed by atoms with Crippen LogP contribution in [-0.2, 0) is 10.8 Å². The van der Waals surface area contributed by atoms with Crippen molar-refractivity contribution >= 4 is 34.1 Å². The Labute approximate surface area is 238 Å². The lowest BCUT2D eigenvalue weighted by Crippen LogP contribution is -2.38. The highest BCUT2D eigenvalue weighted by Crippen LogP contribution is 2.60. The van der Waals surface area contributed by atoms with Crippen molar-refractivity contribution in [3.05, 3.63) is 143 Å². The van der Waals surface area contributed by atoms with Crippen LogP contribution >= 0.6 is 0 Å². The molecule has 2 nitrogen and oxygen atoms in total. The van der Waals surface area contributed by atoms with Crippen LogP contribution in [0.4, 0.5) is 34.1 Å². The van der Waals surface area contributed by atoms with Crippen molar-refractivity contribution in [3.8, 4) is 0 Å². The van der Waals surface area contributed by atoms with Crippen molar-refractivity contribution in [2.24, 2.45) is 0 Å². The van der Waals surface area contributed by atoms with Gasteiger partial charge in [0.2, 0.25) is 0 Å². The van der Waals surface area contributed by atoms with E-state index < -0.39 is 0 Å². The number of hydrogen-bond acceptors (Lipinski definition) is 2. The van der Waals surface area contributed by atoms with Crippen molar-refractivity contribution in [3.63, 3.8) is 0 Å². The quantitative estimate of drug-likeness (QED) is 0.233. The van der Waals surface area contributed by atoms with Gasteiger partial charge in [0, 0.05) is 27.9 Å². The standard InChI is InChI=1S/C38H36N2/c1-25-21-26(2)23-29(22-25)39(27-13-8-7-9-14-27)28-19-20-35-33(24-28)38(5,6)32-17-12-16-31-36(32)40(35)34-18-11-10-15-30(34)37(31,3)4/h7-24H,1-6H3. The van der Waals surface area contributed by atoms with Crippen LogP contribution in [0.3, 0.4) is 0 Å². The van der Waals surface area contributed by atoms with Crippen LogP contribution in [-0.4, -0.2) is 0 Å². The van der Waals surface area contributed by atoms with Crippen LogP contribution in [0.5, 0.6) is 0 Å². The van der Waals surface area contributed by atoms with Gasteiger partial charge in [-0.2, -0.15) is 0 Å². The first-order valence-electron chi connectivity index (χ1n) is 14.3. The molecule has 0 saturated carbocycles. The minimum Gasteiger partial charge on any atom is -0.310 e. The maximum absolute atomic E-state index is 2.53. The molecule has 2 aliphatic rings. The fourth-order valence-corrected chi connectivity index (χ4v) is 7.11. The smallest absolute Gasteiger partial charge is 0.0543 e. The Morgan fingerprint density at radius 2 is 1.05 bits per heavy atom. The van der Waals surface area contributed by atoms with Gasteiger partial charge in [0.25, 0.3) is 0 Å². The van der Waals surface area contributed by atoms with Crippen molar-refractivity contribution in [2.45, 2.75) is 52.4 Å². The summed E-state index contributed by atoms with van der Waals surface area (Å²) in [5.74, 6) is 0. The Morgan fingerprint density at radius 3 is 1.75 bits per heavy atom. The number of fused-ring (bicyclic) bond motifs is 4. The summed E-state index contributed by atoms with van der Waals surface area (Å²) in [7, 11) is 0. The second-order valence-electron chi connectivity index (χ2n) is 12.5. The van der Waals surface area contributed by atoms with Crippen LogP contribution in [0, 0.1) is 13.8 Å². The molecule has 2 heterocycles. The van der Waals surface area contributed by atoms with E-state index in [2.05, 4.69) is 161 Å². The van der Waals surface area contributed by atoms with E-state index in [1.165, 1.54) is 61.8 Å². The van der Waals surface area contributed by atoms with E-state index in [1.807, 2.05) is 0 Å². The zero-order chi connectivity index (χ0) is 27.8. The molecule has 2 aliphatic heterocycles. The van der Waals surface area contributed by atoms with Crippen molar-refractivity contribution in [1.29, 1.82) is 0 Å². The third kappa shape index (κ3) is 3.48. The molecule has 40 heavy (non-hydrogen) atoms. The third-order valence-corrected chi connectivity index (χ3v) is 9.06. The average Bonchev–Trinajstić information content (AvgIpc) is 2.93. The first-order chi connectivity index (χ1) is 19.2. The Balaban J connectivity index is 1.49. The summed E-state index contributed by atoms with van der Waals surface area (Å²) in [5, 5.41) is 0. The monoisotopic (exact) mass is 520 g/mol. The first kappa shape index (κ1) is 24.7. The van der Waals surface area contributed by atoms with E-state index >= 15 is 0 Å². The second kappa shape index (κ2) is 8.60. The molecule has 0 atom stereocenters. The molecule has 0 spiro atoms. The average molecular weight is 521 g/mol. The molecule has 0 unspecified atom stereocenters. The largest absolute Gasteiger partial charge is 0.310 e. The van der Waals surface area contributed by atoms with E-state index in [0.29, 0.717) is 0 Å². The molecule has 0 fully saturated rings. The first-order valence-corrected chi connectivity index (χ1v) is 14.3. The molecule has 7 rings (SSSR count). The molecule has 0 radical (unpaired) electrons. The van der Waals surface area contributed by atoms with Gasteiger partial charge in [0.1, 0.15) is 0 Å². The van der Waals surface area contributed by atoms with Gasteiger partial charge in [-0.3, -0.25) is 0 Å². The Bertz CT molecular complexity index is 1760. The highest BCUT2D eigenvalue weighted by atomic mass is 15.2. The molecule has 0 aromatic heterocycles. The lowest BCUT2D eigenvalue weighted by Gasteiger charge is -2.49. The third-order valence-electron chi connectivity index (χ3n) is 9.06. The lowest BCUT2D eigenvalue weighted by atomic mass is 9.66. The highest BCUT2D eigenvalue weighted by molar-refractivity contribution is 5.93. The Morgan fingerprint density at radius 1 is 0.475 bits per heavy atom. The molecular weight excluding hydrogens is 484 g/mol. The number of para-hydroxylation sites is 3. The van der Waals surface area contributed by atoms with Gasteiger partial charge in [0.15, 0.2) is 0 Å². The van der Waals surface area contributed by atoms with Crippen molar-refractivity contribution in [2.75, 3.05) is 9.80 Å². The maximum Gasteiger partial charge on any atom is 0.0543 e. The van der Waals surface area contributed by atoms with Gasteiger partial charge in [-0.15, -0.1) is 0 Å². The zero-order valence-electron chi connectivity index (χ0n) is 24.3. The van der Waals surface area contributed by atoms with Gasteiger partial charge >= 0.3 is 0 Å². The summed E-state index contributed by atoms with van der Waals surface area (Å²) in [4.78, 5) is 4.93. The van der Waals surface area contributed by atoms with Crippen LogP contribution in [0.15, 0.2) is 109 Å². The Hall–Kier alpha value is -4.30. The number of benzene rings is 5. The van der Waals surface area contributed by atoms with Crippen LogP contribution in [0.2, 0.25) is 0 Å². The molecule has 0 amide bonds. The van der Waals surface area contributed by atoms with E-state index in [-0.39, 0.29) is 10.8 Å². The molecular formula is C38H36N2. The summed E-state index contributed by atoms with van der Waals surface area (Å²) in [6.45, 7) is 13.9. The van der Waals surface area contributed by atoms with E-state index in [4.69, 9.17) is 0 Å². The summed E-state index contributed by atoms with van der Waals surface area (Å²) in [6, 6.07) is 40.5. The van der Waals surface area contributed by atoms with Crippen LogP contribution in [0.1, 0.15) is 61.1 Å². The number of hydrogen-bond donors (Lipinski definition) is 0. The maximum atomic E-state index is 2.53. The molecule has 198 valence electrons. The molecule has 0 aliphatic carbocycles. The number of aryl methyl sites for hydroxylation is 2. The SMILES string of the molecule is Cc1cc(C)cc(N(c2ccccc2)c2ccc3c(c2)C(C)(C)c2cccc4c2N3c2ccccc2C4(C)C)c1. The minimum atomic E-state index is -0.166. The fraction of sp³-hybridized carbons (Fsp3) is 0.211. The minimum absolute atomic E-state index is 0.0703. The number of nitrogens with zero attached hydrogens (tertiary/aromatic N) is 2. The lowest BCUT2D eigenvalue weighted by molar-refractivity contribution is 0.597. The molecule has 5 aromatic carbocycles. The number of rotatable bonds is 3. The van der Waals surface area contributed by atoms with Gasteiger partial charge in [-0.1, -0.05) is 88.4 Å².